The van der Waals surface area contributed by atoms with Crippen molar-refractivity contribution in [2.24, 2.45) is 0 Å². The number of hydrogen-bond acceptors (Lipinski definition) is 2. The SMILES string of the molecule is COc1cccc2c(CC(=O)Nc3ccccc3)c[nH]c12. The highest BCUT2D eigenvalue weighted by atomic mass is 16.5. The van der Waals surface area contributed by atoms with E-state index in [4.69, 9.17) is 4.74 Å². The third-order valence-corrected chi connectivity index (χ3v) is 3.39. The summed E-state index contributed by atoms with van der Waals surface area (Å²) in [7, 11) is 1.64. The van der Waals surface area contributed by atoms with Gasteiger partial charge in [-0.15, -0.1) is 0 Å². The molecule has 0 aliphatic rings. The fourth-order valence-corrected chi connectivity index (χ4v) is 2.40. The van der Waals surface area contributed by atoms with Crippen LogP contribution in [0.15, 0.2) is 54.7 Å². The van der Waals surface area contributed by atoms with Gasteiger partial charge in [0.1, 0.15) is 5.75 Å². The van der Waals surface area contributed by atoms with E-state index < -0.39 is 0 Å². The van der Waals surface area contributed by atoms with Gasteiger partial charge in [0.2, 0.25) is 5.91 Å². The van der Waals surface area contributed by atoms with Crippen molar-refractivity contribution in [3.05, 3.63) is 60.3 Å². The molecule has 0 unspecified atom stereocenters. The molecule has 3 aromatic rings. The molecular weight excluding hydrogens is 264 g/mol. The molecular formula is C17H16N2O2. The van der Waals surface area contributed by atoms with Gasteiger partial charge >= 0.3 is 0 Å². The lowest BCUT2D eigenvalue weighted by Gasteiger charge is -2.05. The average Bonchev–Trinajstić information content (AvgIpc) is 2.91. The monoisotopic (exact) mass is 280 g/mol. The number of carbonyl (C=O) groups is 1. The van der Waals surface area contributed by atoms with E-state index in [1.165, 1.54) is 0 Å². The maximum Gasteiger partial charge on any atom is 0.228 e. The number of fused-ring (bicyclic) bond motifs is 1. The van der Waals surface area contributed by atoms with Crippen LogP contribution in [-0.2, 0) is 11.2 Å². The number of rotatable bonds is 4. The molecule has 0 atom stereocenters. The van der Waals surface area contributed by atoms with Crippen molar-refractivity contribution in [2.75, 3.05) is 12.4 Å². The summed E-state index contributed by atoms with van der Waals surface area (Å²) >= 11 is 0. The Balaban J connectivity index is 1.80. The zero-order chi connectivity index (χ0) is 14.7. The molecule has 4 heteroatoms. The van der Waals surface area contributed by atoms with Crippen molar-refractivity contribution in [3.63, 3.8) is 0 Å². The summed E-state index contributed by atoms with van der Waals surface area (Å²) in [5.74, 6) is 0.743. The van der Waals surface area contributed by atoms with Crippen LogP contribution in [0.3, 0.4) is 0 Å². The molecule has 2 N–H and O–H groups in total. The second-order valence-corrected chi connectivity index (χ2v) is 4.79. The van der Waals surface area contributed by atoms with E-state index in [0.29, 0.717) is 6.42 Å². The predicted molar refractivity (Wildman–Crippen MR) is 83.6 cm³/mol. The topological polar surface area (TPSA) is 54.1 Å². The summed E-state index contributed by atoms with van der Waals surface area (Å²) < 4.78 is 5.31. The molecule has 3 rings (SSSR count). The highest BCUT2D eigenvalue weighted by Crippen LogP contribution is 2.27. The molecule has 0 fully saturated rings. The molecule has 2 aromatic carbocycles. The van der Waals surface area contributed by atoms with E-state index in [9.17, 15) is 4.79 Å². The Morgan fingerprint density at radius 3 is 2.71 bits per heavy atom. The largest absolute Gasteiger partial charge is 0.495 e. The van der Waals surface area contributed by atoms with Crippen LogP contribution >= 0.6 is 0 Å². The normalized spacial score (nSPS) is 10.5. The first-order valence-corrected chi connectivity index (χ1v) is 6.76. The number of aromatic amines is 1. The second-order valence-electron chi connectivity index (χ2n) is 4.79. The van der Waals surface area contributed by atoms with Crippen molar-refractivity contribution in [1.82, 2.24) is 4.98 Å². The fraction of sp³-hybridized carbons (Fsp3) is 0.118. The van der Waals surface area contributed by atoms with Crippen LogP contribution in [0.2, 0.25) is 0 Å². The van der Waals surface area contributed by atoms with Gasteiger partial charge in [0.25, 0.3) is 0 Å². The Kier molecular flexibility index (Phi) is 3.60. The Hall–Kier alpha value is -2.75. The molecule has 0 aliphatic heterocycles. The molecule has 0 spiro atoms. The van der Waals surface area contributed by atoms with Gasteiger partial charge < -0.3 is 15.0 Å². The molecule has 4 nitrogen and oxygen atoms in total. The van der Waals surface area contributed by atoms with Gasteiger partial charge in [0, 0.05) is 17.3 Å². The standard InChI is InChI=1S/C17H16N2O2/c1-21-15-9-5-8-14-12(11-18-17(14)15)10-16(20)19-13-6-3-2-4-7-13/h2-9,11,18H,10H2,1H3,(H,19,20). The van der Waals surface area contributed by atoms with E-state index in [2.05, 4.69) is 10.3 Å². The van der Waals surface area contributed by atoms with Crippen molar-refractivity contribution in [2.45, 2.75) is 6.42 Å². The molecule has 0 radical (unpaired) electrons. The number of para-hydroxylation sites is 2. The number of hydrogen-bond donors (Lipinski definition) is 2. The van der Waals surface area contributed by atoms with E-state index in [1.807, 2.05) is 54.7 Å². The van der Waals surface area contributed by atoms with Gasteiger partial charge in [0.15, 0.2) is 0 Å². The molecule has 0 bridgehead atoms. The molecule has 21 heavy (non-hydrogen) atoms. The summed E-state index contributed by atoms with van der Waals surface area (Å²) in [6, 6.07) is 15.3. The molecule has 1 amide bonds. The van der Waals surface area contributed by atoms with Gasteiger partial charge in [0.05, 0.1) is 19.0 Å². The average molecular weight is 280 g/mol. The van der Waals surface area contributed by atoms with E-state index in [1.54, 1.807) is 7.11 Å². The van der Waals surface area contributed by atoms with Crippen LogP contribution in [0.25, 0.3) is 10.9 Å². The van der Waals surface area contributed by atoms with E-state index in [-0.39, 0.29) is 5.91 Å². The summed E-state index contributed by atoms with van der Waals surface area (Å²) in [4.78, 5) is 15.3. The first kappa shape index (κ1) is 13.2. The molecule has 0 saturated carbocycles. The lowest BCUT2D eigenvalue weighted by molar-refractivity contribution is -0.115. The van der Waals surface area contributed by atoms with Gasteiger partial charge in [-0.25, -0.2) is 0 Å². The van der Waals surface area contributed by atoms with Gasteiger partial charge in [-0.2, -0.15) is 0 Å². The van der Waals surface area contributed by atoms with Crippen LogP contribution in [-0.4, -0.2) is 18.0 Å². The molecule has 106 valence electrons. The number of methoxy groups -OCH3 is 1. The maximum absolute atomic E-state index is 12.1. The van der Waals surface area contributed by atoms with Gasteiger partial charge in [-0.3, -0.25) is 4.79 Å². The van der Waals surface area contributed by atoms with E-state index >= 15 is 0 Å². The lowest BCUT2D eigenvalue weighted by atomic mass is 10.1. The van der Waals surface area contributed by atoms with Crippen LogP contribution in [0.1, 0.15) is 5.56 Å². The third-order valence-electron chi connectivity index (χ3n) is 3.39. The molecule has 1 aromatic heterocycles. The van der Waals surface area contributed by atoms with Crippen LogP contribution in [0, 0.1) is 0 Å². The number of amides is 1. The van der Waals surface area contributed by atoms with Crippen molar-refractivity contribution in [3.8, 4) is 5.75 Å². The van der Waals surface area contributed by atoms with Crippen LogP contribution < -0.4 is 10.1 Å². The third kappa shape index (κ3) is 2.74. The van der Waals surface area contributed by atoms with Crippen LogP contribution in [0.5, 0.6) is 5.75 Å². The number of anilines is 1. The minimum atomic E-state index is -0.0371. The van der Waals surface area contributed by atoms with Crippen molar-refractivity contribution in [1.29, 1.82) is 0 Å². The molecule has 0 saturated heterocycles. The first-order valence-electron chi connectivity index (χ1n) is 6.76. The summed E-state index contributed by atoms with van der Waals surface area (Å²) in [5.41, 5.74) is 2.68. The summed E-state index contributed by atoms with van der Waals surface area (Å²) in [6.07, 6.45) is 2.18. The van der Waals surface area contributed by atoms with Crippen molar-refractivity contribution >= 4 is 22.5 Å². The van der Waals surface area contributed by atoms with E-state index in [0.717, 1.165) is 27.9 Å². The van der Waals surface area contributed by atoms with Gasteiger partial charge in [-0.05, 0) is 23.8 Å². The quantitative estimate of drug-likeness (QED) is 0.770. The highest BCUT2D eigenvalue weighted by Gasteiger charge is 2.11. The second kappa shape index (κ2) is 5.71. The first-order chi connectivity index (χ1) is 10.3. The number of H-pyrrole nitrogens is 1. The molecule has 1 heterocycles. The summed E-state index contributed by atoms with van der Waals surface area (Å²) in [6.45, 7) is 0. The predicted octanol–water partition coefficient (Wildman–Crippen LogP) is 3.36. The maximum atomic E-state index is 12.1. The van der Waals surface area contributed by atoms with Crippen molar-refractivity contribution < 1.29 is 9.53 Å². The Morgan fingerprint density at radius 2 is 1.95 bits per heavy atom. The number of nitrogens with one attached hydrogen (secondary N) is 2. The zero-order valence-corrected chi connectivity index (χ0v) is 11.7. The zero-order valence-electron chi connectivity index (χ0n) is 11.7. The number of carbonyl (C=O) groups excluding carboxylic acids is 1. The Morgan fingerprint density at radius 1 is 1.14 bits per heavy atom. The minimum absolute atomic E-state index is 0.0371. The molecule has 0 aliphatic carbocycles. The summed E-state index contributed by atoms with van der Waals surface area (Å²) in [5, 5.41) is 3.90. The minimum Gasteiger partial charge on any atom is -0.495 e. The van der Waals surface area contributed by atoms with Gasteiger partial charge in [-0.1, -0.05) is 30.3 Å². The Bertz CT molecular complexity index is 763. The number of aromatic nitrogens is 1. The smallest absolute Gasteiger partial charge is 0.228 e. The fourth-order valence-electron chi connectivity index (χ4n) is 2.40. The number of ether oxygens (including phenoxy) is 1. The highest BCUT2D eigenvalue weighted by molar-refractivity contribution is 5.96. The Labute approximate surface area is 122 Å². The number of benzene rings is 2. The lowest BCUT2D eigenvalue weighted by Crippen LogP contribution is -2.13. The van der Waals surface area contributed by atoms with Crippen LogP contribution in [0.4, 0.5) is 5.69 Å².